The Kier molecular flexibility index (Phi) is 6.73. The molecule has 4 rings (SSSR count). The van der Waals surface area contributed by atoms with Crippen LogP contribution in [-0.2, 0) is 12.0 Å². The number of nitrogens with one attached hydrogen (secondary N) is 1. The largest absolute Gasteiger partial charge is 0.497 e. The fourth-order valence-electron chi connectivity index (χ4n) is 3.52. The average molecular weight is 470 g/mol. The number of methoxy groups -OCH3 is 1. The molecular weight excluding hydrogens is 442 g/mol. The summed E-state index contributed by atoms with van der Waals surface area (Å²) in [7, 11) is 1.57. The average Bonchev–Trinajstić information content (AvgIpc) is 3.32. The van der Waals surface area contributed by atoms with Crippen molar-refractivity contribution < 1.29 is 14.3 Å². The van der Waals surface area contributed by atoms with E-state index in [9.17, 15) is 9.59 Å². The lowest BCUT2D eigenvalue weighted by molar-refractivity contribution is 0.0960. The fourth-order valence-corrected chi connectivity index (χ4v) is 3.52. The molecule has 0 spiro atoms. The van der Waals surface area contributed by atoms with Gasteiger partial charge in [0.15, 0.2) is 5.78 Å². The van der Waals surface area contributed by atoms with Gasteiger partial charge in [-0.15, -0.1) is 10.2 Å². The predicted octanol–water partition coefficient (Wildman–Crippen LogP) is 4.78. The summed E-state index contributed by atoms with van der Waals surface area (Å²) in [5.74, 6) is 0.593. The Morgan fingerprint density at radius 1 is 0.914 bits per heavy atom. The number of Topliss-reactive ketones (excluding diaryl/α,β-unsaturated/α-hetero) is 1. The molecule has 0 atom stereocenters. The maximum atomic E-state index is 12.9. The van der Waals surface area contributed by atoms with Crippen molar-refractivity contribution in [3.05, 3.63) is 89.5 Å². The maximum Gasteiger partial charge on any atom is 0.255 e. The first-order valence-electron chi connectivity index (χ1n) is 11.2. The zero-order chi connectivity index (χ0) is 25.0. The minimum Gasteiger partial charge on any atom is -0.497 e. The summed E-state index contributed by atoms with van der Waals surface area (Å²) < 4.78 is 5.12. The number of para-hydroxylation sites is 1. The van der Waals surface area contributed by atoms with E-state index in [0.29, 0.717) is 34.0 Å². The molecule has 35 heavy (non-hydrogen) atoms. The van der Waals surface area contributed by atoms with E-state index < -0.39 is 0 Å². The van der Waals surface area contributed by atoms with Gasteiger partial charge in [0.05, 0.1) is 12.8 Å². The van der Waals surface area contributed by atoms with Crippen molar-refractivity contribution in [3.8, 4) is 17.1 Å². The molecule has 0 unspecified atom stereocenters. The zero-order valence-corrected chi connectivity index (χ0v) is 20.1. The van der Waals surface area contributed by atoms with Crippen LogP contribution in [0.5, 0.6) is 5.75 Å². The zero-order valence-electron chi connectivity index (χ0n) is 20.1. The van der Waals surface area contributed by atoms with Crippen LogP contribution in [0.3, 0.4) is 0 Å². The number of amides is 1. The molecule has 0 aliphatic carbocycles. The second-order valence-corrected chi connectivity index (χ2v) is 9.12. The molecule has 8 nitrogen and oxygen atoms in total. The van der Waals surface area contributed by atoms with E-state index in [1.807, 2.05) is 36.4 Å². The molecule has 4 aromatic rings. The van der Waals surface area contributed by atoms with Crippen LogP contribution < -0.4 is 10.1 Å². The molecular formula is C27H27N5O3. The molecule has 8 heteroatoms. The van der Waals surface area contributed by atoms with E-state index in [1.54, 1.807) is 43.5 Å². The summed E-state index contributed by atoms with van der Waals surface area (Å²) in [6.07, 6.45) is 0. The Morgan fingerprint density at radius 2 is 1.57 bits per heavy atom. The molecule has 0 saturated heterocycles. The second kappa shape index (κ2) is 9.89. The topological polar surface area (TPSA) is 99.0 Å². The molecule has 0 aliphatic rings. The Bertz CT molecular complexity index is 1340. The van der Waals surface area contributed by atoms with Crippen LogP contribution in [0.2, 0.25) is 0 Å². The van der Waals surface area contributed by atoms with Crippen LogP contribution in [-0.4, -0.2) is 39.0 Å². The van der Waals surface area contributed by atoms with Crippen molar-refractivity contribution in [2.24, 2.45) is 0 Å². The van der Waals surface area contributed by atoms with Crippen LogP contribution in [0.1, 0.15) is 47.1 Å². The number of carbonyl (C=O) groups excluding carboxylic acids is 2. The number of rotatable bonds is 7. The third kappa shape index (κ3) is 5.60. The van der Waals surface area contributed by atoms with E-state index >= 15 is 0 Å². The smallest absolute Gasteiger partial charge is 0.255 e. The van der Waals surface area contributed by atoms with Gasteiger partial charge in [-0.3, -0.25) is 9.59 Å². The fraction of sp³-hybridized carbons (Fsp3) is 0.222. The number of nitrogens with zero attached hydrogens (tertiary/aromatic N) is 4. The van der Waals surface area contributed by atoms with Crippen LogP contribution >= 0.6 is 0 Å². The summed E-state index contributed by atoms with van der Waals surface area (Å²) in [6, 6.07) is 21.6. The van der Waals surface area contributed by atoms with Crippen LogP contribution in [0.4, 0.5) is 5.69 Å². The summed E-state index contributed by atoms with van der Waals surface area (Å²) in [5, 5.41) is 15.4. The number of ether oxygens (including phenoxy) is 1. The van der Waals surface area contributed by atoms with Crippen molar-refractivity contribution in [1.29, 1.82) is 0 Å². The van der Waals surface area contributed by atoms with Crippen molar-refractivity contribution in [1.82, 2.24) is 20.2 Å². The van der Waals surface area contributed by atoms with E-state index in [1.165, 1.54) is 4.80 Å². The third-order valence-corrected chi connectivity index (χ3v) is 5.58. The van der Waals surface area contributed by atoms with Gasteiger partial charge in [0, 0.05) is 16.7 Å². The summed E-state index contributed by atoms with van der Waals surface area (Å²) in [6.45, 7) is 6.32. The van der Waals surface area contributed by atoms with E-state index in [0.717, 1.165) is 5.56 Å². The Balaban J connectivity index is 1.49. The van der Waals surface area contributed by atoms with E-state index in [2.05, 4.69) is 41.5 Å². The van der Waals surface area contributed by atoms with E-state index in [-0.39, 0.29) is 23.7 Å². The number of tetrazole rings is 1. The summed E-state index contributed by atoms with van der Waals surface area (Å²) in [4.78, 5) is 26.7. The number of hydrogen-bond acceptors (Lipinski definition) is 6. The molecule has 0 bridgehead atoms. The van der Waals surface area contributed by atoms with Gasteiger partial charge >= 0.3 is 0 Å². The van der Waals surface area contributed by atoms with E-state index in [4.69, 9.17) is 4.74 Å². The standard InChI is InChI=1S/C27H27N5O3/c1-27(2,3)20-13-9-19(10-14-20)26(34)28-23-8-6-5-7-22(23)25-29-31-32(30-25)17-24(33)18-11-15-21(35-4)16-12-18/h5-16H,17H2,1-4H3,(H,28,34). The SMILES string of the molecule is COc1ccc(C(=O)Cn2nnc(-c3ccccc3NC(=O)c3ccc(C(C)(C)C)cc3)n2)cc1. The summed E-state index contributed by atoms with van der Waals surface area (Å²) in [5.41, 5.74) is 3.39. The molecule has 178 valence electrons. The minimum absolute atomic E-state index is 0.00780. The monoisotopic (exact) mass is 469 g/mol. The Labute approximate surface area is 203 Å². The van der Waals surface area contributed by atoms with Gasteiger partial charge < -0.3 is 10.1 Å². The number of aromatic nitrogens is 4. The molecule has 3 aromatic carbocycles. The molecule has 0 radical (unpaired) electrons. The lowest BCUT2D eigenvalue weighted by Crippen LogP contribution is -2.15. The molecule has 0 fully saturated rings. The lowest BCUT2D eigenvalue weighted by atomic mass is 9.86. The first-order valence-corrected chi connectivity index (χ1v) is 11.2. The van der Waals surface area contributed by atoms with Gasteiger partial charge in [0.1, 0.15) is 12.3 Å². The van der Waals surface area contributed by atoms with Crippen molar-refractivity contribution in [2.45, 2.75) is 32.7 Å². The molecule has 1 amide bonds. The second-order valence-electron chi connectivity index (χ2n) is 9.12. The van der Waals surface area contributed by atoms with Crippen molar-refractivity contribution >= 4 is 17.4 Å². The van der Waals surface area contributed by atoms with Crippen LogP contribution in [0.25, 0.3) is 11.4 Å². The molecule has 1 aromatic heterocycles. The van der Waals surface area contributed by atoms with Crippen molar-refractivity contribution in [3.63, 3.8) is 0 Å². The minimum atomic E-state index is -0.236. The van der Waals surface area contributed by atoms with Gasteiger partial charge in [0.2, 0.25) is 5.82 Å². The van der Waals surface area contributed by atoms with Crippen molar-refractivity contribution in [2.75, 3.05) is 12.4 Å². The lowest BCUT2D eigenvalue weighted by Gasteiger charge is -2.19. The highest BCUT2D eigenvalue weighted by Gasteiger charge is 2.17. The number of hydrogen-bond donors (Lipinski definition) is 1. The number of carbonyl (C=O) groups is 2. The third-order valence-electron chi connectivity index (χ3n) is 5.58. The van der Waals surface area contributed by atoms with Crippen LogP contribution in [0, 0.1) is 0 Å². The van der Waals surface area contributed by atoms with Gasteiger partial charge in [0.25, 0.3) is 5.91 Å². The number of benzene rings is 3. The van der Waals surface area contributed by atoms with Gasteiger partial charge in [-0.2, -0.15) is 4.80 Å². The molecule has 0 aliphatic heterocycles. The normalized spacial score (nSPS) is 11.2. The number of anilines is 1. The maximum absolute atomic E-state index is 12.9. The van der Waals surface area contributed by atoms with Gasteiger partial charge in [-0.25, -0.2) is 0 Å². The first-order chi connectivity index (χ1) is 16.7. The Hall–Kier alpha value is -4.33. The molecule has 1 N–H and O–H groups in total. The predicted molar refractivity (Wildman–Crippen MR) is 134 cm³/mol. The summed E-state index contributed by atoms with van der Waals surface area (Å²) >= 11 is 0. The number of ketones is 1. The molecule has 0 saturated carbocycles. The highest BCUT2D eigenvalue weighted by molar-refractivity contribution is 6.06. The first kappa shape index (κ1) is 23.8. The van der Waals surface area contributed by atoms with Gasteiger partial charge in [-0.05, 0) is 64.7 Å². The quantitative estimate of drug-likeness (QED) is 0.391. The highest BCUT2D eigenvalue weighted by atomic mass is 16.5. The molecule has 1 heterocycles. The Morgan fingerprint density at radius 3 is 2.23 bits per heavy atom. The van der Waals surface area contributed by atoms with Gasteiger partial charge in [-0.1, -0.05) is 45.0 Å². The highest BCUT2D eigenvalue weighted by Crippen LogP contribution is 2.26. The van der Waals surface area contributed by atoms with Crippen LogP contribution in [0.15, 0.2) is 72.8 Å².